The van der Waals surface area contributed by atoms with Crippen LogP contribution in [0.15, 0.2) is 18.3 Å². The molecule has 1 atom stereocenters. The third-order valence-corrected chi connectivity index (χ3v) is 1.67. The molecule has 66 valence electrons. The number of pyridine rings is 1. The smallest absolute Gasteiger partial charge is 0.0884 e. The van der Waals surface area contributed by atoms with Gasteiger partial charge in [-0.1, -0.05) is 6.07 Å². The van der Waals surface area contributed by atoms with Gasteiger partial charge in [-0.25, -0.2) is 0 Å². The van der Waals surface area contributed by atoms with E-state index in [4.69, 9.17) is 10.5 Å². The predicted molar refractivity (Wildman–Crippen MR) is 47.6 cm³/mol. The average molecular weight is 166 g/mol. The SMILES string of the molecule is COCc1ccc(C(C)N)cn1. The second-order valence-corrected chi connectivity index (χ2v) is 2.80. The van der Waals surface area contributed by atoms with Crippen LogP contribution in [0.25, 0.3) is 0 Å². The van der Waals surface area contributed by atoms with Crippen LogP contribution in [0.4, 0.5) is 0 Å². The van der Waals surface area contributed by atoms with Gasteiger partial charge in [-0.15, -0.1) is 0 Å². The maximum atomic E-state index is 5.67. The summed E-state index contributed by atoms with van der Waals surface area (Å²) in [6, 6.07) is 3.96. The van der Waals surface area contributed by atoms with Crippen LogP contribution in [-0.2, 0) is 11.3 Å². The summed E-state index contributed by atoms with van der Waals surface area (Å²) in [6.07, 6.45) is 1.79. The highest BCUT2D eigenvalue weighted by atomic mass is 16.5. The Morgan fingerprint density at radius 3 is 2.75 bits per heavy atom. The molecule has 12 heavy (non-hydrogen) atoms. The third kappa shape index (κ3) is 2.29. The fourth-order valence-corrected chi connectivity index (χ4v) is 0.939. The number of rotatable bonds is 3. The van der Waals surface area contributed by atoms with Crippen molar-refractivity contribution in [2.24, 2.45) is 5.73 Å². The lowest BCUT2D eigenvalue weighted by molar-refractivity contribution is 0.181. The van der Waals surface area contributed by atoms with Gasteiger partial charge in [-0.2, -0.15) is 0 Å². The molecule has 1 aromatic heterocycles. The van der Waals surface area contributed by atoms with Gasteiger partial charge in [0, 0.05) is 19.3 Å². The zero-order valence-corrected chi connectivity index (χ0v) is 7.45. The van der Waals surface area contributed by atoms with Crippen LogP contribution in [-0.4, -0.2) is 12.1 Å². The standard InChI is InChI=1S/C9H14N2O/c1-7(10)8-3-4-9(6-12-2)11-5-8/h3-5,7H,6,10H2,1-2H3. The topological polar surface area (TPSA) is 48.1 Å². The van der Waals surface area contributed by atoms with Crippen molar-refractivity contribution >= 4 is 0 Å². The van der Waals surface area contributed by atoms with Gasteiger partial charge >= 0.3 is 0 Å². The minimum Gasteiger partial charge on any atom is -0.378 e. The second-order valence-electron chi connectivity index (χ2n) is 2.80. The Morgan fingerprint density at radius 1 is 1.58 bits per heavy atom. The van der Waals surface area contributed by atoms with Crippen molar-refractivity contribution in [3.05, 3.63) is 29.6 Å². The molecular formula is C9H14N2O. The Kier molecular flexibility index (Phi) is 3.19. The molecule has 0 aromatic carbocycles. The van der Waals surface area contributed by atoms with Crippen molar-refractivity contribution in [1.82, 2.24) is 4.98 Å². The number of ether oxygens (including phenoxy) is 1. The van der Waals surface area contributed by atoms with E-state index in [9.17, 15) is 0 Å². The highest BCUT2D eigenvalue weighted by Crippen LogP contribution is 2.08. The highest BCUT2D eigenvalue weighted by Gasteiger charge is 1.99. The molecule has 2 N–H and O–H groups in total. The molecule has 0 radical (unpaired) electrons. The molecule has 0 saturated heterocycles. The van der Waals surface area contributed by atoms with Gasteiger partial charge in [-0.3, -0.25) is 4.98 Å². The molecule has 1 unspecified atom stereocenters. The van der Waals surface area contributed by atoms with Crippen LogP contribution >= 0.6 is 0 Å². The lowest BCUT2D eigenvalue weighted by atomic mass is 10.1. The summed E-state index contributed by atoms with van der Waals surface area (Å²) in [7, 11) is 1.65. The molecule has 0 bridgehead atoms. The van der Waals surface area contributed by atoms with E-state index in [0.717, 1.165) is 11.3 Å². The van der Waals surface area contributed by atoms with Gasteiger partial charge < -0.3 is 10.5 Å². The lowest BCUT2D eigenvalue weighted by Gasteiger charge is -2.05. The largest absolute Gasteiger partial charge is 0.378 e. The zero-order valence-electron chi connectivity index (χ0n) is 7.45. The second kappa shape index (κ2) is 4.18. The molecule has 1 aromatic rings. The van der Waals surface area contributed by atoms with Gasteiger partial charge in [0.15, 0.2) is 0 Å². The Morgan fingerprint density at radius 2 is 2.33 bits per heavy atom. The van der Waals surface area contributed by atoms with Gasteiger partial charge in [0.05, 0.1) is 12.3 Å². The van der Waals surface area contributed by atoms with Crippen molar-refractivity contribution in [3.63, 3.8) is 0 Å². The van der Waals surface area contributed by atoms with Crippen molar-refractivity contribution in [2.75, 3.05) is 7.11 Å². The quantitative estimate of drug-likeness (QED) is 0.735. The highest BCUT2D eigenvalue weighted by molar-refractivity contribution is 5.16. The number of hydrogen-bond donors (Lipinski definition) is 1. The van der Waals surface area contributed by atoms with E-state index in [0.29, 0.717) is 6.61 Å². The Hall–Kier alpha value is -0.930. The van der Waals surface area contributed by atoms with Gasteiger partial charge in [0.1, 0.15) is 0 Å². The minimum absolute atomic E-state index is 0.0501. The number of methoxy groups -OCH3 is 1. The van der Waals surface area contributed by atoms with Gasteiger partial charge in [0.2, 0.25) is 0 Å². The maximum absolute atomic E-state index is 5.67. The summed E-state index contributed by atoms with van der Waals surface area (Å²) in [4.78, 5) is 4.18. The number of nitrogens with two attached hydrogens (primary N) is 1. The van der Waals surface area contributed by atoms with E-state index >= 15 is 0 Å². The van der Waals surface area contributed by atoms with E-state index < -0.39 is 0 Å². The summed E-state index contributed by atoms with van der Waals surface area (Å²) in [5.41, 5.74) is 7.65. The minimum atomic E-state index is 0.0501. The first-order chi connectivity index (χ1) is 5.74. The van der Waals surface area contributed by atoms with Crippen LogP contribution in [0, 0.1) is 0 Å². The van der Waals surface area contributed by atoms with Crippen molar-refractivity contribution < 1.29 is 4.74 Å². The molecule has 3 nitrogen and oxygen atoms in total. The average Bonchev–Trinajstić information content (AvgIpc) is 2.06. The molecule has 1 heterocycles. The Balaban J connectivity index is 2.71. The Bertz CT molecular complexity index is 231. The maximum Gasteiger partial charge on any atom is 0.0884 e. The van der Waals surface area contributed by atoms with Crippen molar-refractivity contribution in [1.29, 1.82) is 0 Å². The fraction of sp³-hybridized carbons (Fsp3) is 0.444. The first kappa shape index (κ1) is 9.16. The summed E-state index contributed by atoms with van der Waals surface area (Å²) < 4.78 is 4.93. The van der Waals surface area contributed by atoms with Crippen LogP contribution in [0.1, 0.15) is 24.2 Å². The lowest BCUT2D eigenvalue weighted by Crippen LogP contribution is -2.05. The first-order valence-corrected chi connectivity index (χ1v) is 3.93. The van der Waals surface area contributed by atoms with E-state index in [2.05, 4.69) is 4.98 Å². The number of aromatic nitrogens is 1. The Labute approximate surface area is 72.6 Å². The first-order valence-electron chi connectivity index (χ1n) is 3.93. The molecule has 3 heteroatoms. The summed E-state index contributed by atoms with van der Waals surface area (Å²) in [6.45, 7) is 2.49. The van der Waals surface area contributed by atoms with Crippen LogP contribution in [0.5, 0.6) is 0 Å². The monoisotopic (exact) mass is 166 g/mol. The molecule has 1 rings (SSSR count). The molecule has 0 amide bonds. The molecule has 0 aliphatic rings. The number of hydrogen-bond acceptors (Lipinski definition) is 3. The van der Waals surface area contributed by atoms with E-state index in [1.54, 1.807) is 13.3 Å². The molecule has 0 aliphatic heterocycles. The van der Waals surface area contributed by atoms with E-state index in [1.165, 1.54) is 0 Å². The summed E-state index contributed by atoms with van der Waals surface area (Å²) in [5.74, 6) is 0. The molecule has 0 aliphatic carbocycles. The van der Waals surface area contributed by atoms with Gasteiger partial charge in [-0.05, 0) is 18.6 Å². The third-order valence-electron chi connectivity index (χ3n) is 1.67. The van der Waals surface area contributed by atoms with Crippen LogP contribution in [0.2, 0.25) is 0 Å². The normalized spacial score (nSPS) is 12.9. The molecule has 0 spiro atoms. The summed E-state index contributed by atoms with van der Waals surface area (Å²) >= 11 is 0. The van der Waals surface area contributed by atoms with Crippen LogP contribution < -0.4 is 5.73 Å². The van der Waals surface area contributed by atoms with E-state index in [-0.39, 0.29) is 6.04 Å². The molecular weight excluding hydrogens is 152 g/mol. The predicted octanol–water partition coefficient (Wildman–Crippen LogP) is 1.25. The van der Waals surface area contributed by atoms with Crippen molar-refractivity contribution in [3.8, 4) is 0 Å². The number of nitrogens with zero attached hydrogens (tertiary/aromatic N) is 1. The zero-order chi connectivity index (χ0) is 8.97. The molecule has 0 fully saturated rings. The molecule has 0 saturated carbocycles. The van der Waals surface area contributed by atoms with Gasteiger partial charge in [0.25, 0.3) is 0 Å². The van der Waals surface area contributed by atoms with E-state index in [1.807, 2.05) is 19.1 Å². The van der Waals surface area contributed by atoms with Crippen LogP contribution in [0.3, 0.4) is 0 Å². The van der Waals surface area contributed by atoms with Crippen molar-refractivity contribution in [2.45, 2.75) is 19.6 Å². The summed E-state index contributed by atoms with van der Waals surface area (Å²) in [5, 5.41) is 0. The fourth-order valence-electron chi connectivity index (χ4n) is 0.939.